The zero-order chi connectivity index (χ0) is 13.8. The van der Waals surface area contributed by atoms with Crippen LogP contribution in [0.1, 0.15) is 43.8 Å². The van der Waals surface area contributed by atoms with E-state index >= 15 is 0 Å². The summed E-state index contributed by atoms with van der Waals surface area (Å²) in [6.07, 6.45) is 1.82. The van der Waals surface area contributed by atoms with Crippen LogP contribution in [0.3, 0.4) is 0 Å². The van der Waals surface area contributed by atoms with Gasteiger partial charge in [0.05, 0.1) is 12.4 Å². The van der Waals surface area contributed by atoms with E-state index in [0.717, 1.165) is 29.1 Å². The number of hydrogen-bond acceptors (Lipinski definition) is 3. The third-order valence-electron chi connectivity index (χ3n) is 2.94. The predicted molar refractivity (Wildman–Crippen MR) is 74.4 cm³/mol. The molecule has 0 bridgehead atoms. The summed E-state index contributed by atoms with van der Waals surface area (Å²) in [4.78, 5) is 0. The van der Waals surface area contributed by atoms with Crippen LogP contribution in [-0.4, -0.2) is 11.2 Å². The fourth-order valence-corrected chi connectivity index (χ4v) is 2.09. The quantitative estimate of drug-likeness (QED) is 0.891. The van der Waals surface area contributed by atoms with Crippen molar-refractivity contribution in [1.29, 1.82) is 0 Å². The summed E-state index contributed by atoms with van der Waals surface area (Å²) in [7, 11) is 0. The van der Waals surface area contributed by atoms with E-state index in [1.807, 2.05) is 51.1 Å². The van der Waals surface area contributed by atoms with Gasteiger partial charge < -0.3 is 14.3 Å². The molecule has 1 unspecified atom stereocenters. The Hall–Kier alpha value is -1.74. The monoisotopic (exact) mass is 260 g/mol. The minimum atomic E-state index is -0.676. The number of aryl methyl sites for hydroxylation is 1. The number of aliphatic hydroxyl groups is 1. The zero-order valence-corrected chi connectivity index (χ0v) is 11.6. The van der Waals surface area contributed by atoms with Crippen molar-refractivity contribution in [3.63, 3.8) is 0 Å². The first-order valence-electron chi connectivity index (χ1n) is 6.62. The molecule has 102 valence electrons. The van der Waals surface area contributed by atoms with Crippen molar-refractivity contribution in [1.82, 2.24) is 0 Å². The lowest BCUT2D eigenvalue weighted by Gasteiger charge is -2.14. The lowest BCUT2D eigenvalue weighted by molar-refractivity contribution is 0.214. The van der Waals surface area contributed by atoms with E-state index in [2.05, 4.69) is 0 Å². The Morgan fingerprint density at radius 3 is 2.74 bits per heavy atom. The van der Waals surface area contributed by atoms with E-state index in [4.69, 9.17) is 9.15 Å². The minimum Gasteiger partial charge on any atom is -0.491 e. The second-order valence-corrected chi connectivity index (χ2v) is 4.79. The van der Waals surface area contributed by atoms with E-state index < -0.39 is 6.10 Å². The van der Waals surface area contributed by atoms with Gasteiger partial charge in [-0.25, -0.2) is 0 Å². The van der Waals surface area contributed by atoms with E-state index in [1.54, 1.807) is 6.26 Å². The molecule has 0 saturated heterocycles. The molecule has 1 heterocycles. The molecule has 0 amide bonds. The van der Waals surface area contributed by atoms with Crippen LogP contribution < -0.4 is 4.74 Å². The number of hydrogen-bond donors (Lipinski definition) is 1. The molecule has 1 aromatic carbocycles. The maximum Gasteiger partial charge on any atom is 0.120 e. The van der Waals surface area contributed by atoms with Gasteiger partial charge in [0.2, 0.25) is 0 Å². The van der Waals surface area contributed by atoms with Crippen LogP contribution >= 0.6 is 0 Å². The van der Waals surface area contributed by atoms with Crippen molar-refractivity contribution in [3.05, 3.63) is 53.5 Å². The molecule has 0 spiro atoms. The van der Waals surface area contributed by atoms with Crippen LogP contribution in [0.25, 0.3) is 0 Å². The average Bonchev–Trinajstić information content (AvgIpc) is 2.85. The molecule has 0 radical (unpaired) electrons. The van der Waals surface area contributed by atoms with Crippen molar-refractivity contribution in [2.45, 2.75) is 39.4 Å². The van der Waals surface area contributed by atoms with Gasteiger partial charge in [0.15, 0.2) is 0 Å². The Bertz CT molecular complexity index is 528. The summed E-state index contributed by atoms with van der Waals surface area (Å²) in [5.74, 6) is 1.59. The first kappa shape index (κ1) is 13.7. The fraction of sp³-hybridized carbons (Fsp3) is 0.375. The number of rotatable bonds is 5. The Morgan fingerprint density at radius 2 is 2.05 bits per heavy atom. The average molecular weight is 260 g/mol. The van der Waals surface area contributed by atoms with Crippen molar-refractivity contribution in [3.8, 4) is 5.75 Å². The molecule has 3 heteroatoms. The van der Waals surface area contributed by atoms with Crippen LogP contribution in [0.4, 0.5) is 0 Å². The maximum atomic E-state index is 10.4. The standard InChI is InChI=1S/C16H20O3/c1-4-15-14(8-9-18-15)16(17)12-6-5-7-13(10-12)19-11(2)3/h5-11,16-17H,4H2,1-3H3. The first-order valence-corrected chi connectivity index (χ1v) is 6.62. The SMILES string of the molecule is CCc1occc1C(O)c1cccc(OC(C)C)c1. The Balaban J connectivity index is 2.26. The van der Waals surface area contributed by atoms with Crippen molar-refractivity contribution in [2.24, 2.45) is 0 Å². The van der Waals surface area contributed by atoms with Gasteiger partial charge in [0.25, 0.3) is 0 Å². The molecule has 1 atom stereocenters. The van der Waals surface area contributed by atoms with E-state index in [9.17, 15) is 5.11 Å². The molecule has 2 aromatic rings. The molecule has 0 saturated carbocycles. The zero-order valence-electron chi connectivity index (χ0n) is 11.6. The number of aliphatic hydroxyl groups excluding tert-OH is 1. The Labute approximate surface area is 113 Å². The first-order chi connectivity index (χ1) is 9.11. The molecule has 0 fully saturated rings. The summed E-state index contributed by atoms with van der Waals surface area (Å²) in [6, 6.07) is 9.37. The topological polar surface area (TPSA) is 42.6 Å². The van der Waals surface area contributed by atoms with Gasteiger partial charge in [0.1, 0.15) is 17.6 Å². The predicted octanol–water partition coefficient (Wildman–Crippen LogP) is 3.71. The highest BCUT2D eigenvalue weighted by Gasteiger charge is 2.16. The maximum absolute atomic E-state index is 10.4. The molecule has 1 N–H and O–H groups in total. The summed E-state index contributed by atoms with van der Waals surface area (Å²) in [5.41, 5.74) is 1.64. The fourth-order valence-electron chi connectivity index (χ4n) is 2.09. The lowest BCUT2D eigenvalue weighted by atomic mass is 10.0. The van der Waals surface area contributed by atoms with E-state index in [0.29, 0.717) is 0 Å². The lowest BCUT2D eigenvalue weighted by Crippen LogP contribution is -2.07. The number of benzene rings is 1. The minimum absolute atomic E-state index is 0.118. The molecule has 2 rings (SSSR count). The molecule has 3 nitrogen and oxygen atoms in total. The van der Waals surface area contributed by atoms with Gasteiger partial charge in [-0.15, -0.1) is 0 Å². The normalized spacial score (nSPS) is 12.7. The number of furan rings is 1. The molecule has 0 aliphatic carbocycles. The Morgan fingerprint density at radius 1 is 1.26 bits per heavy atom. The third kappa shape index (κ3) is 3.18. The highest BCUT2D eigenvalue weighted by Crippen LogP contribution is 2.28. The van der Waals surface area contributed by atoms with Crippen LogP contribution in [0.5, 0.6) is 5.75 Å². The van der Waals surface area contributed by atoms with Gasteiger partial charge in [-0.3, -0.25) is 0 Å². The summed E-state index contributed by atoms with van der Waals surface area (Å²) in [6.45, 7) is 5.97. The molecule has 0 aliphatic heterocycles. The van der Waals surface area contributed by atoms with Gasteiger partial charge in [0, 0.05) is 12.0 Å². The van der Waals surface area contributed by atoms with Gasteiger partial charge in [-0.2, -0.15) is 0 Å². The van der Waals surface area contributed by atoms with Crippen molar-refractivity contribution >= 4 is 0 Å². The summed E-state index contributed by atoms with van der Waals surface area (Å²) >= 11 is 0. The second-order valence-electron chi connectivity index (χ2n) is 4.79. The Kier molecular flexibility index (Phi) is 4.27. The highest BCUT2D eigenvalue weighted by molar-refractivity contribution is 5.36. The van der Waals surface area contributed by atoms with Crippen molar-refractivity contribution in [2.75, 3.05) is 0 Å². The highest BCUT2D eigenvalue weighted by atomic mass is 16.5. The van der Waals surface area contributed by atoms with Gasteiger partial charge in [-0.05, 0) is 37.6 Å². The van der Waals surface area contributed by atoms with Gasteiger partial charge >= 0.3 is 0 Å². The molecule has 19 heavy (non-hydrogen) atoms. The van der Waals surface area contributed by atoms with Gasteiger partial charge in [-0.1, -0.05) is 19.1 Å². The van der Waals surface area contributed by atoms with Crippen molar-refractivity contribution < 1.29 is 14.3 Å². The van der Waals surface area contributed by atoms with Crippen LogP contribution in [0, 0.1) is 0 Å². The molecular formula is C16H20O3. The van der Waals surface area contributed by atoms with Crippen LogP contribution in [-0.2, 0) is 6.42 Å². The molecular weight excluding hydrogens is 240 g/mol. The second kappa shape index (κ2) is 5.93. The van der Waals surface area contributed by atoms with Crippen LogP contribution in [0.15, 0.2) is 41.0 Å². The smallest absolute Gasteiger partial charge is 0.120 e. The largest absolute Gasteiger partial charge is 0.491 e. The summed E-state index contributed by atoms with van der Waals surface area (Å²) in [5, 5.41) is 10.4. The third-order valence-corrected chi connectivity index (χ3v) is 2.94. The molecule has 0 aliphatic rings. The molecule has 1 aromatic heterocycles. The summed E-state index contributed by atoms with van der Waals surface area (Å²) < 4.78 is 11.0. The number of ether oxygens (including phenoxy) is 1. The van der Waals surface area contributed by atoms with Crippen LogP contribution in [0.2, 0.25) is 0 Å². The van der Waals surface area contributed by atoms with E-state index in [1.165, 1.54) is 0 Å². The van der Waals surface area contributed by atoms with E-state index in [-0.39, 0.29) is 6.10 Å².